The predicted molar refractivity (Wildman–Crippen MR) is 70.2 cm³/mol. The highest BCUT2D eigenvalue weighted by atomic mass is 32.2. The van der Waals surface area contributed by atoms with Gasteiger partial charge in [0.25, 0.3) is 0 Å². The fraction of sp³-hybridized carbons (Fsp3) is 0.923. The normalized spacial score (nSPS) is 14.9. The zero-order valence-corrected chi connectivity index (χ0v) is 11.5. The molecule has 0 aliphatic heterocycles. The summed E-state index contributed by atoms with van der Waals surface area (Å²) in [5.74, 6) is 2.00. The maximum atomic E-state index is 11.6. The zero-order chi connectivity index (χ0) is 11.7. The van der Waals surface area contributed by atoms with Crippen LogP contribution < -0.4 is 0 Å². The Kier molecular flexibility index (Phi) is 9.27. The third kappa shape index (κ3) is 6.99. The molecule has 0 radical (unpaired) electrons. The molecule has 0 bridgehead atoms. The summed E-state index contributed by atoms with van der Waals surface area (Å²) in [5, 5.41) is 0.382. The molecule has 0 N–H and O–H groups in total. The van der Waals surface area contributed by atoms with Crippen molar-refractivity contribution in [1.29, 1.82) is 0 Å². The highest BCUT2D eigenvalue weighted by molar-refractivity contribution is 8.13. The van der Waals surface area contributed by atoms with Gasteiger partial charge >= 0.3 is 0 Å². The fourth-order valence-electron chi connectivity index (χ4n) is 1.41. The van der Waals surface area contributed by atoms with E-state index in [4.69, 9.17) is 0 Å². The largest absolute Gasteiger partial charge is 0.287 e. The molecule has 0 aliphatic rings. The average Bonchev–Trinajstić information content (AvgIpc) is 2.27. The van der Waals surface area contributed by atoms with Crippen molar-refractivity contribution in [1.82, 2.24) is 0 Å². The molecule has 0 amide bonds. The van der Waals surface area contributed by atoms with Crippen molar-refractivity contribution in [2.75, 3.05) is 5.75 Å². The molecule has 0 saturated heterocycles. The van der Waals surface area contributed by atoms with Crippen LogP contribution in [0.3, 0.4) is 0 Å². The second-order valence-electron chi connectivity index (χ2n) is 4.36. The van der Waals surface area contributed by atoms with Gasteiger partial charge < -0.3 is 0 Å². The minimum absolute atomic E-state index is 0.235. The number of hydrogen-bond acceptors (Lipinski definition) is 2. The molecule has 1 nitrogen and oxygen atoms in total. The SMILES string of the molecule is CCCCC(CC)CSC(=O)C(C)CC. The lowest BCUT2D eigenvalue weighted by Gasteiger charge is -2.14. The van der Waals surface area contributed by atoms with E-state index in [9.17, 15) is 4.79 Å². The smallest absolute Gasteiger partial charge is 0.191 e. The van der Waals surface area contributed by atoms with E-state index < -0.39 is 0 Å². The van der Waals surface area contributed by atoms with E-state index in [0.717, 1.165) is 18.1 Å². The van der Waals surface area contributed by atoms with Crippen LogP contribution in [-0.4, -0.2) is 10.9 Å². The van der Waals surface area contributed by atoms with Crippen LogP contribution in [0.4, 0.5) is 0 Å². The third-order valence-electron chi connectivity index (χ3n) is 3.02. The van der Waals surface area contributed by atoms with Gasteiger partial charge in [0.05, 0.1) is 0 Å². The van der Waals surface area contributed by atoms with E-state index in [-0.39, 0.29) is 5.92 Å². The summed E-state index contributed by atoms with van der Waals surface area (Å²) in [6.45, 7) is 8.57. The van der Waals surface area contributed by atoms with Gasteiger partial charge in [-0.15, -0.1) is 0 Å². The molecular weight excluding hydrogens is 204 g/mol. The molecule has 0 aromatic rings. The van der Waals surface area contributed by atoms with Crippen LogP contribution in [0, 0.1) is 11.8 Å². The summed E-state index contributed by atoms with van der Waals surface area (Å²) in [6, 6.07) is 0. The van der Waals surface area contributed by atoms with E-state index in [1.54, 1.807) is 11.8 Å². The highest BCUT2D eigenvalue weighted by Gasteiger charge is 2.14. The van der Waals surface area contributed by atoms with Crippen molar-refractivity contribution in [3.05, 3.63) is 0 Å². The van der Waals surface area contributed by atoms with E-state index in [2.05, 4.69) is 20.8 Å². The second-order valence-corrected chi connectivity index (χ2v) is 5.38. The maximum Gasteiger partial charge on any atom is 0.191 e. The van der Waals surface area contributed by atoms with Crippen LogP contribution in [-0.2, 0) is 4.79 Å². The number of carbonyl (C=O) groups excluding carboxylic acids is 1. The monoisotopic (exact) mass is 230 g/mol. The van der Waals surface area contributed by atoms with Crippen molar-refractivity contribution in [2.24, 2.45) is 11.8 Å². The van der Waals surface area contributed by atoms with Gasteiger partial charge in [-0.1, -0.05) is 58.7 Å². The van der Waals surface area contributed by atoms with E-state index >= 15 is 0 Å². The Balaban J connectivity index is 3.74. The maximum absolute atomic E-state index is 11.6. The van der Waals surface area contributed by atoms with Crippen molar-refractivity contribution in [3.8, 4) is 0 Å². The molecule has 2 unspecified atom stereocenters. The molecule has 0 aliphatic carbocycles. The first-order chi connectivity index (χ1) is 7.15. The lowest BCUT2D eigenvalue weighted by molar-refractivity contribution is -0.114. The lowest BCUT2D eigenvalue weighted by atomic mass is 10.0. The molecule has 0 saturated carbocycles. The van der Waals surface area contributed by atoms with Gasteiger partial charge in [0, 0.05) is 11.7 Å². The number of rotatable bonds is 8. The first-order valence-corrected chi connectivity index (χ1v) is 7.30. The summed E-state index contributed by atoms with van der Waals surface area (Å²) >= 11 is 1.55. The molecule has 15 heavy (non-hydrogen) atoms. The van der Waals surface area contributed by atoms with Gasteiger partial charge in [0.2, 0.25) is 0 Å². The first-order valence-electron chi connectivity index (χ1n) is 6.32. The Hall–Kier alpha value is 0.0200. The van der Waals surface area contributed by atoms with Gasteiger partial charge in [-0.25, -0.2) is 0 Å². The number of unbranched alkanes of at least 4 members (excludes halogenated alkanes) is 1. The Labute approximate surface area is 99.4 Å². The number of hydrogen-bond donors (Lipinski definition) is 0. The molecule has 90 valence electrons. The van der Waals surface area contributed by atoms with E-state index in [1.807, 2.05) is 6.92 Å². The topological polar surface area (TPSA) is 17.1 Å². The lowest BCUT2D eigenvalue weighted by Crippen LogP contribution is -2.10. The summed E-state index contributed by atoms with van der Waals surface area (Å²) in [7, 11) is 0. The standard InChI is InChI=1S/C13H26OS/c1-5-8-9-12(7-3)10-15-13(14)11(4)6-2/h11-12H,5-10H2,1-4H3. The van der Waals surface area contributed by atoms with Crippen molar-refractivity contribution >= 4 is 16.9 Å². The minimum Gasteiger partial charge on any atom is -0.287 e. The molecule has 2 atom stereocenters. The molecular formula is C13H26OS. The molecule has 0 aromatic heterocycles. The Morgan fingerprint density at radius 3 is 2.33 bits per heavy atom. The average molecular weight is 230 g/mol. The Morgan fingerprint density at radius 1 is 1.20 bits per heavy atom. The van der Waals surface area contributed by atoms with Crippen molar-refractivity contribution < 1.29 is 4.79 Å². The minimum atomic E-state index is 0.235. The second kappa shape index (κ2) is 9.26. The van der Waals surface area contributed by atoms with E-state index in [1.165, 1.54) is 25.7 Å². The van der Waals surface area contributed by atoms with Crippen molar-refractivity contribution in [2.45, 2.75) is 59.8 Å². The Bertz CT molecular complexity index is 168. The van der Waals surface area contributed by atoms with Crippen LogP contribution in [0.1, 0.15) is 59.8 Å². The number of carbonyl (C=O) groups is 1. The highest BCUT2D eigenvalue weighted by Crippen LogP contribution is 2.22. The predicted octanol–water partition coefficient (Wildman–Crippen LogP) is 4.51. The molecule has 0 rings (SSSR count). The molecule has 2 heteroatoms. The molecule has 0 heterocycles. The first kappa shape index (κ1) is 15.0. The number of thioether (sulfide) groups is 1. The van der Waals surface area contributed by atoms with Crippen LogP contribution in [0.5, 0.6) is 0 Å². The van der Waals surface area contributed by atoms with Gasteiger partial charge in [0.1, 0.15) is 0 Å². The van der Waals surface area contributed by atoms with Crippen LogP contribution in [0.2, 0.25) is 0 Å². The van der Waals surface area contributed by atoms with Gasteiger partial charge in [0.15, 0.2) is 5.12 Å². The quantitative estimate of drug-likeness (QED) is 0.610. The summed E-state index contributed by atoms with van der Waals surface area (Å²) < 4.78 is 0. The fourth-order valence-corrected chi connectivity index (χ4v) is 2.66. The summed E-state index contributed by atoms with van der Waals surface area (Å²) in [6.07, 6.45) is 6.03. The van der Waals surface area contributed by atoms with Crippen LogP contribution >= 0.6 is 11.8 Å². The third-order valence-corrected chi connectivity index (χ3v) is 4.34. The summed E-state index contributed by atoms with van der Waals surface area (Å²) in [4.78, 5) is 11.6. The van der Waals surface area contributed by atoms with Crippen LogP contribution in [0.25, 0.3) is 0 Å². The van der Waals surface area contributed by atoms with Gasteiger partial charge in [-0.2, -0.15) is 0 Å². The van der Waals surface area contributed by atoms with Gasteiger partial charge in [-0.05, 0) is 18.8 Å². The van der Waals surface area contributed by atoms with Crippen molar-refractivity contribution in [3.63, 3.8) is 0 Å². The van der Waals surface area contributed by atoms with Gasteiger partial charge in [-0.3, -0.25) is 4.79 Å². The summed E-state index contributed by atoms with van der Waals surface area (Å²) in [5.41, 5.74) is 0. The molecule has 0 fully saturated rings. The van der Waals surface area contributed by atoms with Crippen LogP contribution in [0.15, 0.2) is 0 Å². The molecule has 0 aromatic carbocycles. The molecule has 0 spiro atoms. The zero-order valence-electron chi connectivity index (χ0n) is 10.7. The van der Waals surface area contributed by atoms with E-state index in [0.29, 0.717) is 5.12 Å². The Morgan fingerprint density at radius 2 is 1.87 bits per heavy atom.